The summed E-state index contributed by atoms with van der Waals surface area (Å²) < 4.78 is 30.0. The zero-order chi connectivity index (χ0) is 25.1. The van der Waals surface area contributed by atoms with Gasteiger partial charge in [0.2, 0.25) is 0 Å². The SMILES string of the molecule is Cn1c(SCCCN2CCc3ccc(OS(C)(=O)=O)cc3CC2)nnc1-c1ccc2ncccc2c1. The van der Waals surface area contributed by atoms with Gasteiger partial charge in [0, 0.05) is 43.0 Å². The van der Waals surface area contributed by atoms with Crippen LogP contribution in [-0.2, 0) is 30.0 Å². The number of benzene rings is 2. The third-order valence-electron chi connectivity index (χ3n) is 6.37. The first-order valence-electron chi connectivity index (χ1n) is 12.0. The molecule has 0 fully saturated rings. The van der Waals surface area contributed by atoms with Crippen molar-refractivity contribution in [1.29, 1.82) is 0 Å². The topological polar surface area (TPSA) is 90.2 Å². The van der Waals surface area contributed by atoms with Gasteiger partial charge in [-0.2, -0.15) is 8.42 Å². The number of aromatic nitrogens is 4. The number of hydrogen-bond acceptors (Lipinski definition) is 8. The average molecular weight is 524 g/mol. The Hall–Kier alpha value is -2.95. The fraction of sp³-hybridized carbons (Fsp3) is 0.346. The molecule has 0 saturated carbocycles. The molecule has 0 unspecified atom stereocenters. The number of thioether (sulfide) groups is 1. The predicted octanol–water partition coefficient (Wildman–Crippen LogP) is 3.95. The van der Waals surface area contributed by atoms with E-state index in [2.05, 4.69) is 36.8 Å². The van der Waals surface area contributed by atoms with Crippen molar-refractivity contribution < 1.29 is 12.6 Å². The van der Waals surface area contributed by atoms with Crippen LogP contribution < -0.4 is 4.18 Å². The highest BCUT2D eigenvalue weighted by Gasteiger charge is 2.16. The molecule has 0 bridgehead atoms. The number of nitrogens with zero attached hydrogens (tertiary/aromatic N) is 5. The lowest BCUT2D eigenvalue weighted by Gasteiger charge is -2.19. The van der Waals surface area contributed by atoms with Crippen molar-refractivity contribution in [3.63, 3.8) is 0 Å². The van der Waals surface area contributed by atoms with E-state index in [1.807, 2.05) is 37.4 Å². The Bertz CT molecular complexity index is 1490. The molecule has 0 aliphatic carbocycles. The van der Waals surface area contributed by atoms with Gasteiger partial charge in [0.1, 0.15) is 5.75 Å². The second kappa shape index (κ2) is 10.6. The molecule has 2 aromatic heterocycles. The Morgan fingerprint density at radius 2 is 1.86 bits per heavy atom. The van der Waals surface area contributed by atoms with E-state index in [-0.39, 0.29) is 0 Å². The van der Waals surface area contributed by atoms with Crippen molar-refractivity contribution in [2.45, 2.75) is 24.4 Å². The van der Waals surface area contributed by atoms with Crippen molar-refractivity contribution in [2.75, 3.05) is 31.6 Å². The van der Waals surface area contributed by atoms with E-state index < -0.39 is 10.1 Å². The van der Waals surface area contributed by atoms with E-state index in [4.69, 9.17) is 4.18 Å². The Kier molecular flexibility index (Phi) is 7.27. The first kappa shape index (κ1) is 24.7. The van der Waals surface area contributed by atoms with Crippen LogP contribution in [0.25, 0.3) is 22.3 Å². The number of hydrogen-bond donors (Lipinski definition) is 0. The van der Waals surface area contributed by atoms with Gasteiger partial charge in [-0.05, 0) is 73.3 Å². The zero-order valence-corrected chi connectivity index (χ0v) is 22.1. The van der Waals surface area contributed by atoms with Crippen molar-refractivity contribution in [3.8, 4) is 17.1 Å². The minimum atomic E-state index is -3.51. The summed E-state index contributed by atoms with van der Waals surface area (Å²) in [5, 5.41) is 10.9. The highest BCUT2D eigenvalue weighted by Crippen LogP contribution is 2.26. The number of pyridine rings is 1. The molecule has 3 heterocycles. The van der Waals surface area contributed by atoms with Gasteiger partial charge in [0.05, 0.1) is 11.8 Å². The van der Waals surface area contributed by atoms with Crippen LogP contribution in [0.2, 0.25) is 0 Å². The van der Waals surface area contributed by atoms with E-state index >= 15 is 0 Å². The maximum absolute atomic E-state index is 11.4. The van der Waals surface area contributed by atoms with Gasteiger partial charge < -0.3 is 13.7 Å². The molecule has 36 heavy (non-hydrogen) atoms. The summed E-state index contributed by atoms with van der Waals surface area (Å²) in [5.41, 5.74) is 4.44. The van der Waals surface area contributed by atoms with Crippen LogP contribution in [0.5, 0.6) is 5.75 Å². The second-order valence-corrected chi connectivity index (χ2v) is 11.7. The van der Waals surface area contributed by atoms with Crippen molar-refractivity contribution in [2.24, 2.45) is 7.05 Å². The molecule has 1 aliphatic heterocycles. The number of rotatable bonds is 8. The zero-order valence-electron chi connectivity index (χ0n) is 20.4. The molecule has 0 atom stereocenters. The van der Waals surface area contributed by atoms with Gasteiger partial charge in [0.15, 0.2) is 11.0 Å². The van der Waals surface area contributed by atoms with E-state index in [1.165, 1.54) is 11.1 Å². The van der Waals surface area contributed by atoms with Crippen LogP contribution in [0, 0.1) is 0 Å². The fourth-order valence-electron chi connectivity index (χ4n) is 4.56. The highest BCUT2D eigenvalue weighted by molar-refractivity contribution is 7.99. The summed E-state index contributed by atoms with van der Waals surface area (Å²) >= 11 is 1.73. The molecular weight excluding hydrogens is 494 g/mol. The normalized spacial score (nSPS) is 14.5. The van der Waals surface area contributed by atoms with Crippen LogP contribution in [0.15, 0.2) is 59.9 Å². The molecule has 1 aliphatic rings. The quantitative estimate of drug-likeness (QED) is 0.195. The molecule has 0 amide bonds. The summed E-state index contributed by atoms with van der Waals surface area (Å²) in [6, 6.07) is 15.8. The van der Waals surface area contributed by atoms with Crippen LogP contribution in [0.1, 0.15) is 17.5 Å². The molecule has 4 aromatic rings. The van der Waals surface area contributed by atoms with Gasteiger partial charge >= 0.3 is 10.1 Å². The summed E-state index contributed by atoms with van der Waals surface area (Å²) in [6.07, 6.45) is 5.76. The molecule has 5 rings (SSSR count). The minimum absolute atomic E-state index is 0.393. The standard InChI is InChI=1S/C26H29N5O3S2/c1-30-25(22-7-9-24-21(17-22)5-3-12-27-24)28-29-26(30)35-16-4-13-31-14-10-19-6-8-23(34-36(2,32)33)18-20(19)11-15-31/h3,5-9,12,17-18H,4,10-11,13-16H2,1-2H3. The molecule has 10 heteroatoms. The predicted molar refractivity (Wildman–Crippen MR) is 143 cm³/mol. The molecular formula is C26H29N5O3S2. The lowest BCUT2D eigenvalue weighted by Crippen LogP contribution is -2.27. The Balaban J connectivity index is 1.13. The minimum Gasteiger partial charge on any atom is -0.383 e. The van der Waals surface area contributed by atoms with Crippen LogP contribution >= 0.6 is 11.8 Å². The number of fused-ring (bicyclic) bond motifs is 2. The van der Waals surface area contributed by atoms with Gasteiger partial charge in [-0.15, -0.1) is 10.2 Å². The van der Waals surface area contributed by atoms with Gasteiger partial charge in [-0.3, -0.25) is 4.98 Å². The molecule has 8 nitrogen and oxygen atoms in total. The van der Waals surface area contributed by atoms with Crippen molar-refractivity contribution in [3.05, 3.63) is 65.9 Å². The maximum Gasteiger partial charge on any atom is 0.306 e. The van der Waals surface area contributed by atoms with Crippen molar-refractivity contribution in [1.82, 2.24) is 24.6 Å². The average Bonchev–Trinajstić information content (AvgIpc) is 3.09. The van der Waals surface area contributed by atoms with Gasteiger partial charge in [-0.1, -0.05) is 23.9 Å². The van der Waals surface area contributed by atoms with E-state index in [9.17, 15) is 8.42 Å². The first-order valence-corrected chi connectivity index (χ1v) is 14.8. The highest BCUT2D eigenvalue weighted by atomic mass is 32.2. The van der Waals surface area contributed by atoms with E-state index in [1.54, 1.807) is 24.0 Å². The monoisotopic (exact) mass is 523 g/mol. The smallest absolute Gasteiger partial charge is 0.306 e. The summed E-state index contributed by atoms with van der Waals surface area (Å²) in [4.78, 5) is 6.86. The third kappa shape index (κ3) is 5.88. The molecule has 0 spiro atoms. The Labute approximate surface area is 215 Å². The molecule has 188 valence electrons. The summed E-state index contributed by atoms with van der Waals surface area (Å²) in [6.45, 7) is 2.95. The van der Waals surface area contributed by atoms with E-state index in [0.717, 1.165) is 78.4 Å². The van der Waals surface area contributed by atoms with Crippen LogP contribution in [0.4, 0.5) is 0 Å². The third-order valence-corrected chi connectivity index (χ3v) is 7.97. The maximum atomic E-state index is 11.4. The Morgan fingerprint density at radius 3 is 2.69 bits per heavy atom. The van der Waals surface area contributed by atoms with Crippen LogP contribution in [-0.4, -0.2) is 64.7 Å². The Morgan fingerprint density at radius 1 is 1.03 bits per heavy atom. The largest absolute Gasteiger partial charge is 0.383 e. The van der Waals surface area contributed by atoms with Crippen LogP contribution in [0.3, 0.4) is 0 Å². The molecule has 2 aromatic carbocycles. The van der Waals surface area contributed by atoms with Crippen molar-refractivity contribution >= 4 is 32.8 Å². The lowest BCUT2D eigenvalue weighted by molar-refractivity contribution is 0.289. The molecule has 0 saturated heterocycles. The summed E-state index contributed by atoms with van der Waals surface area (Å²) in [5.74, 6) is 2.21. The lowest BCUT2D eigenvalue weighted by atomic mass is 10.0. The van der Waals surface area contributed by atoms with Gasteiger partial charge in [0.25, 0.3) is 0 Å². The fourth-order valence-corrected chi connectivity index (χ4v) is 5.84. The van der Waals surface area contributed by atoms with E-state index in [0.29, 0.717) is 5.75 Å². The molecule has 0 N–H and O–H groups in total. The molecule has 0 radical (unpaired) electrons. The van der Waals surface area contributed by atoms with Gasteiger partial charge in [-0.25, -0.2) is 0 Å². The second-order valence-electron chi connectivity index (χ2n) is 9.04. The summed E-state index contributed by atoms with van der Waals surface area (Å²) in [7, 11) is -1.50. The first-order chi connectivity index (χ1) is 17.4.